The summed E-state index contributed by atoms with van der Waals surface area (Å²) in [5.41, 5.74) is 12.8. The van der Waals surface area contributed by atoms with E-state index in [2.05, 4.69) is 44.2 Å². The number of nitrogens with one attached hydrogen (secondary N) is 2. The van der Waals surface area contributed by atoms with Crippen molar-refractivity contribution in [3.63, 3.8) is 0 Å². The summed E-state index contributed by atoms with van der Waals surface area (Å²) in [5.74, 6) is 0.804. The summed E-state index contributed by atoms with van der Waals surface area (Å²) >= 11 is 0. The number of rotatable bonds is 9. The molecule has 1 fully saturated rings. The average Bonchev–Trinajstić information content (AvgIpc) is 2.96. The van der Waals surface area contributed by atoms with Crippen LogP contribution in [0.4, 0.5) is 17.2 Å². The number of nitrogens with two attached hydrogens (primary N) is 1. The van der Waals surface area contributed by atoms with Crippen LogP contribution in [-0.2, 0) is 15.8 Å². The van der Waals surface area contributed by atoms with Gasteiger partial charge in [0, 0.05) is 54.8 Å². The van der Waals surface area contributed by atoms with Crippen LogP contribution in [0.2, 0.25) is 0 Å². The molecule has 1 aliphatic rings. The van der Waals surface area contributed by atoms with Crippen LogP contribution in [0.5, 0.6) is 5.75 Å². The maximum atomic E-state index is 13.1. The second-order valence-electron chi connectivity index (χ2n) is 9.87. The van der Waals surface area contributed by atoms with E-state index in [-0.39, 0.29) is 5.75 Å². The summed E-state index contributed by atoms with van der Waals surface area (Å²) in [6.07, 6.45) is 1.76. The van der Waals surface area contributed by atoms with Crippen LogP contribution >= 0.6 is 0 Å². The Labute approximate surface area is 236 Å². The van der Waals surface area contributed by atoms with E-state index in [0.29, 0.717) is 40.6 Å². The van der Waals surface area contributed by atoms with E-state index in [1.54, 1.807) is 24.4 Å². The number of aromatic nitrogens is 1. The number of nitrogens with zero attached hydrogens (tertiary/aromatic N) is 2. The first kappa shape index (κ1) is 27.5. The Morgan fingerprint density at radius 3 is 2.40 bits per heavy atom. The van der Waals surface area contributed by atoms with E-state index < -0.39 is 10.0 Å². The Hall–Kier alpha value is -4.08. The highest BCUT2D eigenvalue weighted by atomic mass is 32.2. The van der Waals surface area contributed by atoms with Gasteiger partial charge < -0.3 is 20.7 Å². The Balaban J connectivity index is 1.47. The number of hydrogen-bond acceptors (Lipinski definition) is 7. The molecule has 1 aromatic heterocycles. The first-order chi connectivity index (χ1) is 19.3. The van der Waals surface area contributed by atoms with Crippen molar-refractivity contribution < 1.29 is 13.2 Å². The number of piperazine rings is 1. The third-order valence-corrected chi connectivity index (χ3v) is 8.28. The molecule has 4 N–H and O–H groups in total. The van der Waals surface area contributed by atoms with Gasteiger partial charge >= 0.3 is 0 Å². The van der Waals surface area contributed by atoms with Gasteiger partial charge in [0.15, 0.2) is 0 Å². The molecule has 5 rings (SSSR count). The molecular weight excluding hydrogens is 522 g/mol. The molecule has 0 atom stereocenters. The van der Waals surface area contributed by atoms with E-state index in [9.17, 15) is 8.42 Å². The summed E-state index contributed by atoms with van der Waals surface area (Å²) in [7, 11) is -3.68. The molecule has 208 valence electrons. The zero-order valence-electron chi connectivity index (χ0n) is 22.9. The van der Waals surface area contributed by atoms with Gasteiger partial charge in [-0.15, -0.1) is 0 Å². The van der Waals surface area contributed by atoms with Crippen LogP contribution in [0.1, 0.15) is 18.1 Å². The van der Waals surface area contributed by atoms with Crippen molar-refractivity contribution in [2.45, 2.75) is 19.6 Å². The van der Waals surface area contributed by atoms with Gasteiger partial charge in [-0.25, -0.2) is 13.4 Å². The van der Waals surface area contributed by atoms with Crippen LogP contribution in [0.15, 0.2) is 79.0 Å². The second kappa shape index (κ2) is 12.0. The molecular formula is C31H35N5O3S. The Bertz CT molecular complexity index is 1570. The first-order valence-electron chi connectivity index (χ1n) is 13.5. The highest BCUT2D eigenvalue weighted by Crippen LogP contribution is 2.37. The van der Waals surface area contributed by atoms with E-state index in [1.165, 1.54) is 5.69 Å². The summed E-state index contributed by atoms with van der Waals surface area (Å²) in [5, 5.41) is 3.38. The molecule has 0 aliphatic carbocycles. The minimum atomic E-state index is -3.68. The maximum Gasteiger partial charge on any atom is 0.236 e. The molecule has 0 spiro atoms. The number of anilines is 3. The van der Waals surface area contributed by atoms with Crippen LogP contribution in [0.25, 0.3) is 22.3 Å². The van der Waals surface area contributed by atoms with Crippen LogP contribution in [0.3, 0.4) is 0 Å². The van der Waals surface area contributed by atoms with Crippen LogP contribution in [-0.4, -0.2) is 46.2 Å². The molecule has 40 heavy (non-hydrogen) atoms. The Kier molecular flexibility index (Phi) is 8.23. The fourth-order valence-electron chi connectivity index (χ4n) is 4.90. The molecule has 1 aliphatic heterocycles. The van der Waals surface area contributed by atoms with Crippen molar-refractivity contribution in [1.82, 2.24) is 10.3 Å². The molecule has 0 unspecified atom stereocenters. The molecule has 3 aromatic carbocycles. The summed E-state index contributed by atoms with van der Waals surface area (Å²) < 4.78 is 34.8. The maximum absolute atomic E-state index is 13.1. The van der Waals surface area contributed by atoms with Crippen molar-refractivity contribution in [3.05, 3.63) is 90.1 Å². The highest BCUT2D eigenvalue weighted by molar-refractivity contribution is 7.91. The Morgan fingerprint density at radius 2 is 1.70 bits per heavy atom. The predicted octanol–water partition coefficient (Wildman–Crippen LogP) is 5.06. The summed E-state index contributed by atoms with van der Waals surface area (Å²) in [6.45, 7) is 8.11. The molecule has 0 saturated carbocycles. The third kappa shape index (κ3) is 6.38. The lowest BCUT2D eigenvalue weighted by atomic mass is 9.98. The largest absolute Gasteiger partial charge is 0.494 e. The zero-order chi connectivity index (χ0) is 28.1. The minimum absolute atomic E-state index is 0.134. The third-order valence-electron chi connectivity index (χ3n) is 7.04. The lowest BCUT2D eigenvalue weighted by molar-refractivity contribution is 0.338. The smallest absolute Gasteiger partial charge is 0.236 e. The number of sulfonamides is 1. The van der Waals surface area contributed by atoms with Crippen molar-refractivity contribution in [2.24, 2.45) is 0 Å². The number of pyridine rings is 1. The van der Waals surface area contributed by atoms with Crippen LogP contribution < -0.4 is 25.4 Å². The van der Waals surface area contributed by atoms with Crippen LogP contribution in [0, 0.1) is 6.92 Å². The van der Waals surface area contributed by atoms with E-state index >= 15 is 0 Å². The van der Waals surface area contributed by atoms with Gasteiger partial charge in [0.25, 0.3) is 0 Å². The SMILES string of the molecule is CCOc1cc(-c2cc(-c3ccc(N4CCNCC4)cc3)cnc2N)cc(NS(=O)(=O)Cc2ccccc2)c1C. The van der Waals surface area contributed by atoms with Gasteiger partial charge in [-0.05, 0) is 60.9 Å². The molecule has 9 heteroatoms. The highest BCUT2D eigenvalue weighted by Gasteiger charge is 2.18. The van der Waals surface area contributed by atoms with Gasteiger partial charge in [0.05, 0.1) is 18.0 Å². The molecule has 0 bridgehead atoms. The monoisotopic (exact) mass is 557 g/mol. The van der Waals surface area contributed by atoms with Gasteiger partial charge in [-0.1, -0.05) is 42.5 Å². The molecule has 8 nitrogen and oxygen atoms in total. The number of ether oxygens (including phenoxy) is 1. The fraction of sp³-hybridized carbons (Fsp3) is 0.258. The van der Waals surface area contributed by atoms with Gasteiger partial charge in [0.1, 0.15) is 11.6 Å². The quantitative estimate of drug-likeness (QED) is 0.264. The zero-order valence-corrected chi connectivity index (χ0v) is 23.7. The topological polar surface area (TPSA) is 110 Å². The number of hydrogen-bond donors (Lipinski definition) is 3. The number of benzene rings is 3. The van der Waals surface area contributed by atoms with Crippen molar-refractivity contribution in [2.75, 3.05) is 48.1 Å². The second-order valence-corrected chi connectivity index (χ2v) is 11.6. The van der Waals surface area contributed by atoms with Gasteiger partial charge in [-0.2, -0.15) is 0 Å². The minimum Gasteiger partial charge on any atom is -0.494 e. The fourth-order valence-corrected chi connectivity index (χ4v) is 6.15. The molecule has 1 saturated heterocycles. The van der Waals surface area contributed by atoms with E-state index in [4.69, 9.17) is 10.5 Å². The van der Waals surface area contributed by atoms with Gasteiger partial charge in [0.2, 0.25) is 10.0 Å². The van der Waals surface area contributed by atoms with E-state index in [0.717, 1.165) is 42.9 Å². The number of nitrogen functional groups attached to an aromatic ring is 1. The van der Waals surface area contributed by atoms with Gasteiger partial charge in [-0.3, -0.25) is 4.72 Å². The molecule has 0 amide bonds. The normalized spacial score (nSPS) is 13.7. The summed E-state index contributed by atoms with van der Waals surface area (Å²) in [4.78, 5) is 6.85. The molecule has 4 aromatic rings. The average molecular weight is 558 g/mol. The molecule has 2 heterocycles. The molecule has 0 radical (unpaired) electrons. The van der Waals surface area contributed by atoms with Crippen molar-refractivity contribution in [1.29, 1.82) is 0 Å². The van der Waals surface area contributed by atoms with Crippen molar-refractivity contribution in [3.8, 4) is 28.0 Å². The lowest BCUT2D eigenvalue weighted by Gasteiger charge is -2.29. The van der Waals surface area contributed by atoms with Crippen molar-refractivity contribution >= 4 is 27.2 Å². The predicted molar refractivity (Wildman–Crippen MR) is 163 cm³/mol. The summed E-state index contributed by atoms with van der Waals surface area (Å²) in [6, 6.07) is 23.2. The first-order valence-corrected chi connectivity index (χ1v) is 15.1. The standard InChI is InChI=1S/C31H35N5O3S/c1-3-39-30-19-25(18-29(22(30)2)35-40(37,38)21-23-7-5-4-6-8-23)28-17-26(20-34-31(28)32)24-9-11-27(12-10-24)36-15-13-33-14-16-36/h4-12,17-20,33,35H,3,13-16,21H2,1-2H3,(H2,32,34). The van der Waals surface area contributed by atoms with E-state index in [1.807, 2.05) is 44.2 Å². The Morgan fingerprint density at radius 1 is 0.975 bits per heavy atom. The lowest BCUT2D eigenvalue weighted by Crippen LogP contribution is -2.43.